The van der Waals surface area contributed by atoms with Crippen molar-refractivity contribution in [2.45, 2.75) is 43.5 Å². The number of nitrogens with two attached hydrogens (primary N) is 1. The average Bonchev–Trinajstić information content (AvgIpc) is 2.82. The predicted molar refractivity (Wildman–Crippen MR) is 77.2 cm³/mol. The number of aliphatic hydroxyl groups is 2. The van der Waals surface area contributed by atoms with Crippen LogP contribution in [0.4, 0.5) is 4.39 Å². The highest BCUT2D eigenvalue weighted by atomic mass is 19.1. The van der Waals surface area contributed by atoms with E-state index in [0.717, 1.165) is 6.20 Å². The third-order valence-corrected chi connectivity index (χ3v) is 3.87. The van der Waals surface area contributed by atoms with Gasteiger partial charge in [-0.2, -0.15) is 0 Å². The van der Waals surface area contributed by atoms with E-state index in [2.05, 4.69) is 4.98 Å². The number of aliphatic hydroxyl groups excluding tert-OH is 2. The lowest BCUT2D eigenvalue weighted by Crippen LogP contribution is -2.41. The maximum absolute atomic E-state index is 14.1. The highest BCUT2D eigenvalue weighted by Crippen LogP contribution is 2.33. The molecule has 24 heavy (non-hydrogen) atoms. The Labute approximate surface area is 134 Å². The van der Waals surface area contributed by atoms with Gasteiger partial charge in [-0.05, 0) is 6.42 Å². The molecule has 0 aliphatic carbocycles. The molecule has 0 saturated carbocycles. The molecule has 0 amide bonds. The van der Waals surface area contributed by atoms with Crippen LogP contribution in [-0.4, -0.2) is 61.9 Å². The molecule has 0 radical (unpaired) electrons. The lowest BCUT2D eigenvalue weighted by atomic mass is 10.1. The number of rotatable bonds is 6. The van der Waals surface area contributed by atoms with Gasteiger partial charge in [0.1, 0.15) is 24.4 Å². The molecule has 5 atom stereocenters. The number of hydrogen-bond donors (Lipinski definition) is 5. The molecule has 1 aromatic rings. The van der Waals surface area contributed by atoms with E-state index in [1.54, 1.807) is 0 Å². The fourth-order valence-electron chi connectivity index (χ4n) is 2.45. The molecule has 1 saturated heterocycles. The maximum Gasteiger partial charge on any atom is 0.328 e. The van der Waals surface area contributed by atoms with Gasteiger partial charge < -0.3 is 30.8 Å². The highest BCUT2D eigenvalue weighted by molar-refractivity contribution is 5.72. The number of aromatic amines is 1. The summed E-state index contributed by atoms with van der Waals surface area (Å²) in [5.74, 6) is -1.28. The van der Waals surface area contributed by atoms with Crippen LogP contribution < -0.4 is 17.0 Å². The Kier molecular flexibility index (Phi) is 5.49. The molecule has 2 unspecified atom stereocenters. The first kappa shape index (κ1) is 18.3. The van der Waals surface area contributed by atoms with Crippen molar-refractivity contribution in [2.75, 3.05) is 6.61 Å². The van der Waals surface area contributed by atoms with Crippen LogP contribution in [0.3, 0.4) is 0 Å². The number of nitrogens with one attached hydrogen (secondary N) is 1. The van der Waals surface area contributed by atoms with E-state index in [9.17, 15) is 23.9 Å². The van der Waals surface area contributed by atoms with Gasteiger partial charge in [0.25, 0.3) is 5.56 Å². The zero-order valence-electron chi connectivity index (χ0n) is 12.5. The number of carboxylic acids is 1. The third-order valence-electron chi connectivity index (χ3n) is 3.87. The molecule has 0 aromatic carbocycles. The molecular formula is C13H18FN3O7. The number of alkyl halides is 1. The average molecular weight is 347 g/mol. The number of carbonyl (C=O) groups is 1. The lowest BCUT2D eigenvalue weighted by molar-refractivity contribution is -0.138. The molecule has 1 fully saturated rings. The first-order valence-corrected chi connectivity index (χ1v) is 7.17. The zero-order valence-corrected chi connectivity index (χ0v) is 12.5. The summed E-state index contributed by atoms with van der Waals surface area (Å²) in [5.41, 5.74) is 3.39. The van der Waals surface area contributed by atoms with E-state index >= 15 is 0 Å². The number of aliphatic carboxylic acids is 1. The Morgan fingerprint density at radius 2 is 2.17 bits per heavy atom. The summed E-state index contributed by atoms with van der Waals surface area (Å²) in [6, 6.07) is -1.27. The van der Waals surface area contributed by atoms with Gasteiger partial charge in [-0.15, -0.1) is 0 Å². The van der Waals surface area contributed by atoms with E-state index in [1.807, 2.05) is 0 Å². The van der Waals surface area contributed by atoms with Gasteiger partial charge in [0.2, 0.25) is 0 Å². The van der Waals surface area contributed by atoms with Crippen LogP contribution in [-0.2, 0) is 16.1 Å². The topological polar surface area (TPSA) is 168 Å². The quantitative estimate of drug-likeness (QED) is 0.375. The lowest BCUT2D eigenvalue weighted by Gasteiger charge is -2.14. The number of halogens is 1. The molecule has 134 valence electrons. The van der Waals surface area contributed by atoms with Gasteiger partial charge in [-0.3, -0.25) is 14.2 Å². The van der Waals surface area contributed by atoms with Crippen molar-refractivity contribution in [3.8, 4) is 0 Å². The minimum Gasteiger partial charge on any atom is -0.480 e. The maximum atomic E-state index is 14.1. The Morgan fingerprint density at radius 3 is 2.71 bits per heavy atom. The number of H-pyrrole nitrogens is 1. The van der Waals surface area contributed by atoms with Crippen molar-refractivity contribution in [1.82, 2.24) is 9.55 Å². The van der Waals surface area contributed by atoms with Gasteiger partial charge in [0.05, 0.1) is 12.2 Å². The van der Waals surface area contributed by atoms with E-state index < -0.39 is 54.4 Å². The molecule has 0 bridgehead atoms. The van der Waals surface area contributed by atoms with Gasteiger partial charge in [-0.25, -0.2) is 9.18 Å². The Hall–Kier alpha value is -2.08. The Balaban J connectivity index is 2.30. The molecule has 2 rings (SSSR count). The number of nitrogens with zero attached hydrogens (tertiary/aromatic N) is 1. The normalized spacial score (nSPS) is 28.0. The van der Waals surface area contributed by atoms with Crippen LogP contribution in [0.25, 0.3) is 0 Å². The predicted octanol–water partition coefficient (Wildman–Crippen LogP) is -2.53. The molecule has 1 aliphatic rings. The summed E-state index contributed by atoms with van der Waals surface area (Å²) in [7, 11) is 0. The first-order valence-electron chi connectivity index (χ1n) is 7.17. The van der Waals surface area contributed by atoms with Gasteiger partial charge >= 0.3 is 11.7 Å². The van der Waals surface area contributed by atoms with Crippen molar-refractivity contribution < 1.29 is 29.2 Å². The van der Waals surface area contributed by atoms with Crippen LogP contribution in [0, 0.1) is 0 Å². The number of hydrogen-bond acceptors (Lipinski definition) is 7. The van der Waals surface area contributed by atoms with Crippen LogP contribution in [0.5, 0.6) is 0 Å². The largest absolute Gasteiger partial charge is 0.480 e. The van der Waals surface area contributed by atoms with E-state index in [-0.39, 0.29) is 18.5 Å². The van der Waals surface area contributed by atoms with Crippen LogP contribution in [0.1, 0.15) is 18.1 Å². The van der Waals surface area contributed by atoms with Crippen molar-refractivity contribution in [1.29, 1.82) is 0 Å². The second kappa shape index (κ2) is 7.21. The van der Waals surface area contributed by atoms with Crippen molar-refractivity contribution in [3.63, 3.8) is 0 Å². The summed E-state index contributed by atoms with van der Waals surface area (Å²) < 4.78 is 19.9. The zero-order chi connectivity index (χ0) is 18.0. The van der Waals surface area contributed by atoms with Gasteiger partial charge in [0, 0.05) is 12.7 Å². The van der Waals surface area contributed by atoms with Crippen LogP contribution >= 0.6 is 0 Å². The van der Waals surface area contributed by atoms with E-state index in [0.29, 0.717) is 4.57 Å². The fraction of sp³-hybridized carbons (Fsp3) is 0.615. The third kappa shape index (κ3) is 3.38. The monoisotopic (exact) mass is 347 g/mol. The van der Waals surface area contributed by atoms with Gasteiger partial charge in [-0.1, -0.05) is 0 Å². The number of ether oxygens (including phenoxy) is 1. The molecule has 0 spiro atoms. The minimum atomic E-state index is -1.96. The molecule has 10 nitrogen and oxygen atoms in total. The van der Waals surface area contributed by atoms with E-state index in [1.165, 1.54) is 0 Å². The molecule has 1 aromatic heterocycles. The van der Waals surface area contributed by atoms with Crippen LogP contribution in [0.2, 0.25) is 0 Å². The molecule has 11 heteroatoms. The molecule has 6 N–H and O–H groups in total. The van der Waals surface area contributed by atoms with Crippen molar-refractivity contribution in [2.24, 2.45) is 5.73 Å². The van der Waals surface area contributed by atoms with Crippen molar-refractivity contribution >= 4 is 5.97 Å². The smallest absolute Gasteiger partial charge is 0.328 e. The fourth-order valence-corrected chi connectivity index (χ4v) is 2.45. The molecule has 1 aliphatic heterocycles. The number of aromatic nitrogens is 2. The van der Waals surface area contributed by atoms with Gasteiger partial charge in [0.15, 0.2) is 6.17 Å². The second-order valence-corrected chi connectivity index (χ2v) is 5.45. The highest BCUT2D eigenvalue weighted by Gasteiger charge is 2.45. The molecular weight excluding hydrogens is 329 g/mol. The summed E-state index contributed by atoms with van der Waals surface area (Å²) in [6.45, 7) is -0.922. The molecule has 2 heterocycles. The summed E-state index contributed by atoms with van der Waals surface area (Å²) >= 11 is 0. The summed E-state index contributed by atoms with van der Waals surface area (Å²) in [5, 5.41) is 27.4. The van der Waals surface area contributed by atoms with Crippen LogP contribution in [0.15, 0.2) is 15.8 Å². The SMILES string of the molecule is NC(CCn1c(=O)[nH]cc([C@@H]2O[C@H](CO)C(O)[C@@H]2F)c1=O)C(=O)O. The van der Waals surface area contributed by atoms with E-state index in [4.69, 9.17) is 20.7 Å². The second-order valence-electron chi connectivity index (χ2n) is 5.45. The Bertz CT molecular complexity index is 718. The first-order chi connectivity index (χ1) is 11.3. The standard InChI is InChI=1S/C13H18FN3O7/c14-8-9(19)7(4-18)24-10(8)5-3-16-13(23)17(11(5)20)2-1-6(15)12(21)22/h3,6-10,18-19H,1-2,4,15H2,(H,16,23)(H,21,22)/t6?,7-,8+,9?,10+/m1/s1. The summed E-state index contributed by atoms with van der Waals surface area (Å²) in [4.78, 5) is 37.1. The van der Waals surface area contributed by atoms with Crippen molar-refractivity contribution in [3.05, 3.63) is 32.6 Å². The summed E-state index contributed by atoms with van der Waals surface area (Å²) in [6.07, 6.45) is -5.43. The number of carboxylic acid groups (broad SMARTS) is 1. The Morgan fingerprint density at radius 1 is 1.50 bits per heavy atom. The minimum absolute atomic E-state index is 0.186.